The molecule has 1 saturated heterocycles. The molecule has 0 aromatic heterocycles. The fraction of sp³-hybridized carbons (Fsp3) is 1.00. The van der Waals surface area contributed by atoms with Crippen LogP contribution in [0.5, 0.6) is 0 Å². The first-order chi connectivity index (χ1) is 7.01. The number of nitrogens with one attached hydrogen (secondary N) is 2. The summed E-state index contributed by atoms with van der Waals surface area (Å²) in [4.78, 5) is 2.29. The van der Waals surface area contributed by atoms with E-state index in [1.54, 1.807) is 0 Å². The van der Waals surface area contributed by atoms with E-state index in [-0.39, 0.29) is 12.4 Å². The Morgan fingerprint density at radius 1 is 1.44 bits per heavy atom. The van der Waals surface area contributed by atoms with Crippen LogP contribution in [0.25, 0.3) is 0 Å². The monoisotopic (exact) mass is 271 g/mol. The average molecular weight is 272 g/mol. The van der Waals surface area contributed by atoms with Crippen LogP contribution in [-0.2, 0) is 10.0 Å². The molecule has 1 unspecified atom stereocenters. The molecule has 0 amide bonds. The van der Waals surface area contributed by atoms with E-state index in [4.69, 9.17) is 0 Å². The second-order valence-electron chi connectivity index (χ2n) is 4.09. The minimum absolute atomic E-state index is 0. The molecule has 16 heavy (non-hydrogen) atoms. The van der Waals surface area contributed by atoms with Crippen LogP contribution in [0.2, 0.25) is 0 Å². The predicted molar refractivity (Wildman–Crippen MR) is 68.6 cm³/mol. The van der Waals surface area contributed by atoms with E-state index in [9.17, 15) is 8.42 Å². The zero-order chi connectivity index (χ0) is 11.3. The highest BCUT2D eigenvalue weighted by Gasteiger charge is 2.17. The molecule has 7 heteroatoms. The van der Waals surface area contributed by atoms with E-state index in [0.717, 1.165) is 19.6 Å². The lowest BCUT2D eigenvalue weighted by atomic mass is 10.1. The van der Waals surface area contributed by atoms with E-state index in [1.807, 2.05) is 7.05 Å². The molecule has 1 aliphatic rings. The van der Waals surface area contributed by atoms with Crippen molar-refractivity contribution in [3.8, 4) is 0 Å². The van der Waals surface area contributed by atoms with Crippen LogP contribution >= 0.6 is 12.4 Å². The van der Waals surface area contributed by atoms with Gasteiger partial charge in [0.05, 0.1) is 6.26 Å². The van der Waals surface area contributed by atoms with Crippen LogP contribution in [0.15, 0.2) is 0 Å². The molecular formula is C9H22ClN3O2S. The van der Waals surface area contributed by atoms with E-state index in [0.29, 0.717) is 12.6 Å². The van der Waals surface area contributed by atoms with Gasteiger partial charge in [-0.3, -0.25) is 0 Å². The SMILES string of the molecule is CNC1CCCN(CCNS(C)(=O)=O)C1.Cl. The van der Waals surface area contributed by atoms with Gasteiger partial charge in [-0.1, -0.05) is 0 Å². The van der Waals surface area contributed by atoms with Gasteiger partial charge in [0.15, 0.2) is 0 Å². The Morgan fingerprint density at radius 2 is 2.12 bits per heavy atom. The molecule has 0 aromatic carbocycles. The van der Waals surface area contributed by atoms with Crippen molar-refractivity contribution in [3.63, 3.8) is 0 Å². The van der Waals surface area contributed by atoms with Crippen LogP contribution in [0.1, 0.15) is 12.8 Å². The van der Waals surface area contributed by atoms with Gasteiger partial charge in [-0.2, -0.15) is 0 Å². The van der Waals surface area contributed by atoms with Crippen LogP contribution < -0.4 is 10.0 Å². The third-order valence-electron chi connectivity index (χ3n) is 2.71. The highest BCUT2D eigenvalue weighted by Crippen LogP contribution is 2.08. The van der Waals surface area contributed by atoms with Crippen LogP contribution in [-0.4, -0.2) is 58.8 Å². The van der Waals surface area contributed by atoms with Gasteiger partial charge >= 0.3 is 0 Å². The highest BCUT2D eigenvalue weighted by molar-refractivity contribution is 7.88. The maximum absolute atomic E-state index is 10.9. The number of likely N-dealkylation sites (tertiary alicyclic amines) is 1. The van der Waals surface area contributed by atoms with Gasteiger partial charge in [0, 0.05) is 25.7 Å². The summed E-state index contributed by atoms with van der Waals surface area (Å²) in [6.45, 7) is 3.39. The quantitative estimate of drug-likeness (QED) is 0.717. The number of piperidine rings is 1. The van der Waals surface area contributed by atoms with Gasteiger partial charge in [0.25, 0.3) is 0 Å². The fourth-order valence-electron chi connectivity index (χ4n) is 1.88. The molecule has 1 fully saturated rings. The first-order valence-corrected chi connectivity index (χ1v) is 7.24. The first kappa shape index (κ1) is 16.1. The molecule has 0 aromatic rings. The fourth-order valence-corrected chi connectivity index (χ4v) is 2.35. The summed E-state index contributed by atoms with van der Waals surface area (Å²) in [5.74, 6) is 0. The third-order valence-corrected chi connectivity index (χ3v) is 3.43. The molecule has 1 heterocycles. The Bertz CT molecular complexity index is 284. The second-order valence-corrected chi connectivity index (χ2v) is 5.93. The normalized spacial score (nSPS) is 22.8. The number of hydrogen-bond acceptors (Lipinski definition) is 4. The summed E-state index contributed by atoms with van der Waals surface area (Å²) in [6.07, 6.45) is 3.59. The van der Waals surface area contributed by atoms with Crippen molar-refractivity contribution in [1.82, 2.24) is 14.9 Å². The van der Waals surface area contributed by atoms with Gasteiger partial charge in [-0.25, -0.2) is 13.1 Å². The summed E-state index contributed by atoms with van der Waals surface area (Å²) in [6, 6.07) is 0.553. The van der Waals surface area contributed by atoms with Crippen molar-refractivity contribution in [1.29, 1.82) is 0 Å². The van der Waals surface area contributed by atoms with Crippen molar-refractivity contribution < 1.29 is 8.42 Å². The zero-order valence-corrected chi connectivity index (χ0v) is 11.5. The molecular weight excluding hydrogens is 250 g/mol. The average Bonchev–Trinajstić information content (AvgIpc) is 2.16. The third kappa shape index (κ3) is 6.65. The molecule has 0 saturated carbocycles. The molecule has 5 nitrogen and oxygen atoms in total. The van der Waals surface area contributed by atoms with E-state index in [1.165, 1.54) is 19.1 Å². The Morgan fingerprint density at radius 3 is 2.69 bits per heavy atom. The molecule has 0 bridgehead atoms. The van der Waals surface area contributed by atoms with Gasteiger partial charge in [0.1, 0.15) is 0 Å². The first-order valence-electron chi connectivity index (χ1n) is 5.35. The van der Waals surface area contributed by atoms with Gasteiger partial charge in [-0.15, -0.1) is 12.4 Å². The Balaban J connectivity index is 0.00000225. The van der Waals surface area contributed by atoms with Crippen LogP contribution in [0.4, 0.5) is 0 Å². The summed E-state index contributed by atoms with van der Waals surface area (Å²) in [5, 5.41) is 3.26. The minimum Gasteiger partial charge on any atom is -0.316 e. The van der Waals surface area contributed by atoms with Crippen molar-refractivity contribution in [2.24, 2.45) is 0 Å². The predicted octanol–water partition coefficient (Wildman–Crippen LogP) is -0.359. The number of sulfonamides is 1. The Hall–Kier alpha value is 0.120. The maximum atomic E-state index is 10.9. The Labute approximate surface area is 104 Å². The largest absolute Gasteiger partial charge is 0.316 e. The molecule has 1 atom stereocenters. The lowest BCUT2D eigenvalue weighted by Gasteiger charge is -2.32. The van der Waals surface area contributed by atoms with Crippen LogP contribution in [0.3, 0.4) is 0 Å². The van der Waals surface area contributed by atoms with E-state index in [2.05, 4.69) is 14.9 Å². The summed E-state index contributed by atoms with van der Waals surface area (Å²) in [7, 11) is -1.06. The minimum atomic E-state index is -3.04. The topological polar surface area (TPSA) is 61.4 Å². The molecule has 0 aliphatic carbocycles. The van der Waals surface area contributed by atoms with Crippen molar-refractivity contribution in [3.05, 3.63) is 0 Å². The highest BCUT2D eigenvalue weighted by atomic mass is 35.5. The molecule has 1 rings (SSSR count). The van der Waals surface area contributed by atoms with Gasteiger partial charge < -0.3 is 10.2 Å². The lowest BCUT2D eigenvalue weighted by Crippen LogP contribution is -2.46. The summed E-state index contributed by atoms with van der Waals surface area (Å²) < 4.78 is 24.2. The number of likely N-dealkylation sites (N-methyl/N-ethyl adjacent to an activating group) is 1. The molecule has 98 valence electrons. The number of nitrogens with zero attached hydrogens (tertiary/aromatic N) is 1. The number of rotatable bonds is 5. The number of hydrogen-bond donors (Lipinski definition) is 2. The molecule has 0 spiro atoms. The van der Waals surface area contributed by atoms with Crippen molar-refractivity contribution in [2.75, 3.05) is 39.5 Å². The Kier molecular flexibility index (Phi) is 7.50. The molecule has 2 N–H and O–H groups in total. The van der Waals surface area contributed by atoms with Gasteiger partial charge in [0.2, 0.25) is 10.0 Å². The standard InChI is InChI=1S/C9H21N3O2S.ClH/c1-10-9-4-3-6-12(8-9)7-5-11-15(2,13)14;/h9-11H,3-8H2,1-2H3;1H. The van der Waals surface area contributed by atoms with E-state index < -0.39 is 10.0 Å². The second kappa shape index (κ2) is 7.45. The van der Waals surface area contributed by atoms with Gasteiger partial charge in [-0.05, 0) is 26.4 Å². The summed E-state index contributed by atoms with van der Waals surface area (Å²) in [5.41, 5.74) is 0. The molecule has 0 radical (unpaired) electrons. The lowest BCUT2D eigenvalue weighted by molar-refractivity contribution is 0.198. The van der Waals surface area contributed by atoms with Crippen molar-refractivity contribution in [2.45, 2.75) is 18.9 Å². The van der Waals surface area contributed by atoms with E-state index >= 15 is 0 Å². The van der Waals surface area contributed by atoms with Crippen LogP contribution in [0, 0.1) is 0 Å². The molecule has 1 aliphatic heterocycles. The smallest absolute Gasteiger partial charge is 0.208 e. The van der Waals surface area contributed by atoms with Crippen molar-refractivity contribution >= 4 is 22.4 Å². The zero-order valence-electron chi connectivity index (χ0n) is 9.90. The maximum Gasteiger partial charge on any atom is 0.208 e. The number of halogens is 1. The summed E-state index contributed by atoms with van der Waals surface area (Å²) >= 11 is 0.